The molecule has 13 heavy (non-hydrogen) atoms. The summed E-state index contributed by atoms with van der Waals surface area (Å²) < 4.78 is 0. The topological polar surface area (TPSA) is 20.2 Å². The van der Waals surface area contributed by atoms with Gasteiger partial charge in [0, 0.05) is 0 Å². The van der Waals surface area contributed by atoms with Gasteiger partial charge in [-0.15, -0.1) is 0 Å². The molecule has 1 heteroatoms. The molecule has 0 saturated heterocycles. The Morgan fingerprint density at radius 3 is 2.46 bits per heavy atom. The summed E-state index contributed by atoms with van der Waals surface area (Å²) in [5.41, 5.74) is -0.352. The van der Waals surface area contributed by atoms with Crippen LogP contribution in [0.2, 0.25) is 0 Å². The smallest absolute Gasteiger partial charge is 0.0678 e. The summed E-state index contributed by atoms with van der Waals surface area (Å²) in [5.74, 6) is 1.83. The fraction of sp³-hybridized carbons (Fsp3) is 1.00. The van der Waals surface area contributed by atoms with Crippen molar-refractivity contribution in [1.82, 2.24) is 0 Å². The van der Waals surface area contributed by atoms with Crippen LogP contribution >= 0.6 is 0 Å². The van der Waals surface area contributed by atoms with E-state index in [4.69, 9.17) is 0 Å². The van der Waals surface area contributed by atoms with Crippen molar-refractivity contribution in [2.45, 2.75) is 59.0 Å². The summed E-state index contributed by atoms with van der Waals surface area (Å²) in [6.07, 6.45) is 4.41. The Balaban J connectivity index is 2.59. The largest absolute Gasteiger partial charge is 0.390 e. The molecule has 0 aromatic heterocycles. The molecular weight excluding hydrogens is 160 g/mol. The molecule has 0 aromatic carbocycles. The van der Waals surface area contributed by atoms with Gasteiger partial charge in [0.25, 0.3) is 0 Å². The molecule has 1 saturated carbocycles. The Hall–Kier alpha value is -0.0400. The molecule has 0 amide bonds. The van der Waals surface area contributed by atoms with Crippen molar-refractivity contribution >= 4 is 0 Å². The summed E-state index contributed by atoms with van der Waals surface area (Å²) in [5, 5.41) is 10.4. The lowest BCUT2D eigenvalue weighted by molar-refractivity contribution is -0.0293. The third kappa shape index (κ3) is 2.25. The molecular formula is C12H24O. The molecule has 0 spiro atoms. The van der Waals surface area contributed by atoms with E-state index in [9.17, 15) is 5.11 Å². The minimum Gasteiger partial charge on any atom is -0.390 e. The van der Waals surface area contributed by atoms with Gasteiger partial charge in [0.15, 0.2) is 0 Å². The number of hydrogen-bond donors (Lipinski definition) is 1. The van der Waals surface area contributed by atoms with Gasteiger partial charge in [-0.05, 0) is 37.0 Å². The standard InChI is InChI=1S/C12H24O/c1-5-10(3)11(4)12(13)7-6-9(2)8-12/h9-11,13H,5-8H2,1-4H3. The minimum atomic E-state index is -0.352. The van der Waals surface area contributed by atoms with Gasteiger partial charge in [-0.1, -0.05) is 34.1 Å². The molecule has 0 bridgehead atoms. The average molecular weight is 184 g/mol. The van der Waals surface area contributed by atoms with Crippen LogP contribution in [0.5, 0.6) is 0 Å². The fourth-order valence-corrected chi connectivity index (χ4v) is 2.60. The van der Waals surface area contributed by atoms with Crippen molar-refractivity contribution in [3.8, 4) is 0 Å². The van der Waals surface area contributed by atoms with E-state index in [1.165, 1.54) is 12.8 Å². The molecule has 1 aliphatic carbocycles. The van der Waals surface area contributed by atoms with Crippen LogP contribution in [-0.4, -0.2) is 10.7 Å². The lowest BCUT2D eigenvalue weighted by Crippen LogP contribution is -2.37. The van der Waals surface area contributed by atoms with Gasteiger partial charge in [0.2, 0.25) is 0 Å². The first-order chi connectivity index (χ1) is 5.99. The third-order valence-electron chi connectivity index (χ3n) is 4.12. The Morgan fingerprint density at radius 2 is 2.08 bits per heavy atom. The highest BCUT2D eigenvalue weighted by Gasteiger charge is 2.41. The maximum Gasteiger partial charge on any atom is 0.0678 e. The van der Waals surface area contributed by atoms with Gasteiger partial charge >= 0.3 is 0 Å². The lowest BCUT2D eigenvalue weighted by Gasteiger charge is -2.34. The van der Waals surface area contributed by atoms with Crippen molar-refractivity contribution in [1.29, 1.82) is 0 Å². The van der Waals surface area contributed by atoms with Crippen molar-refractivity contribution < 1.29 is 5.11 Å². The molecule has 0 heterocycles. The summed E-state index contributed by atoms with van der Waals surface area (Å²) in [6.45, 7) is 8.93. The summed E-state index contributed by atoms with van der Waals surface area (Å²) in [7, 11) is 0. The number of aliphatic hydroxyl groups is 1. The van der Waals surface area contributed by atoms with Gasteiger partial charge < -0.3 is 5.11 Å². The molecule has 0 radical (unpaired) electrons. The first kappa shape index (κ1) is 11.0. The zero-order chi connectivity index (χ0) is 10.1. The maximum atomic E-state index is 10.4. The van der Waals surface area contributed by atoms with E-state index in [-0.39, 0.29) is 5.60 Å². The first-order valence-electron chi connectivity index (χ1n) is 5.72. The SMILES string of the molecule is CCC(C)C(C)C1(O)CCC(C)C1. The first-order valence-corrected chi connectivity index (χ1v) is 5.72. The molecule has 1 rings (SSSR count). The highest BCUT2D eigenvalue weighted by Crippen LogP contribution is 2.42. The molecule has 0 aliphatic heterocycles. The molecule has 1 N–H and O–H groups in total. The van der Waals surface area contributed by atoms with E-state index in [2.05, 4.69) is 27.7 Å². The summed E-state index contributed by atoms with van der Waals surface area (Å²) in [6, 6.07) is 0. The molecule has 4 unspecified atom stereocenters. The Labute approximate surface area is 82.5 Å². The van der Waals surface area contributed by atoms with Gasteiger partial charge in [-0.2, -0.15) is 0 Å². The van der Waals surface area contributed by atoms with E-state index >= 15 is 0 Å². The highest BCUT2D eigenvalue weighted by molar-refractivity contribution is 4.92. The zero-order valence-corrected chi connectivity index (χ0v) is 9.51. The zero-order valence-electron chi connectivity index (χ0n) is 9.51. The van der Waals surface area contributed by atoms with E-state index in [1.807, 2.05) is 0 Å². The van der Waals surface area contributed by atoms with E-state index in [0.717, 1.165) is 18.8 Å². The second kappa shape index (κ2) is 4.00. The van der Waals surface area contributed by atoms with Crippen LogP contribution < -0.4 is 0 Å². The molecule has 1 nitrogen and oxygen atoms in total. The Morgan fingerprint density at radius 1 is 1.46 bits per heavy atom. The van der Waals surface area contributed by atoms with E-state index in [0.29, 0.717) is 11.8 Å². The van der Waals surface area contributed by atoms with Crippen LogP contribution in [0.15, 0.2) is 0 Å². The van der Waals surface area contributed by atoms with Crippen molar-refractivity contribution in [3.05, 3.63) is 0 Å². The molecule has 1 fully saturated rings. The third-order valence-corrected chi connectivity index (χ3v) is 4.12. The Kier molecular flexibility index (Phi) is 3.39. The predicted octanol–water partition coefficient (Wildman–Crippen LogP) is 3.22. The molecule has 1 aliphatic rings. The van der Waals surface area contributed by atoms with E-state index < -0.39 is 0 Å². The molecule has 4 atom stereocenters. The van der Waals surface area contributed by atoms with Crippen molar-refractivity contribution in [3.63, 3.8) is 0 Å². The highest BCUT2D eigenvalue weighted by atomic mass is 16.3. The second-order valence-corrected chi connectivity index (χ2v) is 5.13. The van der Waals surface area contributed by atoms with Crippen molar-refractivity contribution in [2.75, 3.05) is 0 Å². The van der Waals surface area contributed by atoms with Crippen LogP contribution in [0, 0.1) is 17.8 Å². The van der Waals surface area contributed by atoms with Gasteiger partial charge in [-0.25, -0.2) is 0 Å². The predicted molar refractivity (Wildman–Crippen MR) is 56.6 cm³/mol. The molecule has 78 valence electrons. The van der Waals surface area contributed by atoms with Crippen molar-refractivity contribution in [2.24, 2.45) is 17.8 Å². The van der Waals surface area contributed by atoms with Crippen LogP contribution in [0.4, 0.5) is 0 Å². The lowest BCUT2D eigenvalue weighted by atomic mass is 9.77. The van der Waals surface area contributed by atoms with Gasteiger partial charge in [-0.3, -0.25) is 0 Å². The van der Waals surface area contributed by atoms with Gasteiger partial charge in [0.05, 0.1) is 5.60 Å². The van der Waals surface area contributed by atoms with Crippen LogP contribution in [0.1, 0.15) is 53.4 Å². The summed E-state index contributed by atoms with van der Waals surface area (Å²) >= 11 is 0. The van der Waals surface area contributed by atoms with Crippen LogP contribution in [0.25, 0.3) is 0 Å². The normalized spacial score (nSPS) is 39.0. The monoisotopic (exact) mass is 184 g/mol. The average Bonchev–Trinajstić information content (AvgIpc) is 2.45. The quantitative estimate of drug-likeness (QED) is 0.714. The fourth-order valence-electron chi connectivity index (χ4n) is 2.60. The minimum absolute atomic E-state index is 0.352. The number of rotatable bonds is 3. The number of hydrogen-bond acceptors (Lipinski definition) is 1. The Bertz CT molecular complexity index is 167. The maximum absolute atomic E-state index is 10.4. The molecule has 0 aromatic rings. The van der Waals surface area contributed by atoms with Crippen LogP contribution in [0.3, 0.4) is 0 Å². The summed E-state index contributed by atoms with van der Waals surface area (Å²) in [4.78, 5) is 0. The second-order valence-electron chi connectivity index (χ2n) is 5.13. The van der Waals surface area contributed by atoms with Crippen LogP contribution in [-0.2, 0) is 0 Å². The van der Waals surface area contributed by atoms with Gasteiger partial charge in [0.1, 0.15) is 0 Å². The van der Waals surface area contributed by atoms with E-state index in [1.54, 1.807) is 0 Å².